The summed E-state index contributed by atoms with van der Waals surface area (Å²) in [6.45, 7) is -0.666. The van der Waals surface area contributed by atoms with Crippen LogP contribution in [-0.4, -0.2) is 30.0 Å². The van der Waals surface area contributed by atoms with E-state index in [-0.39, 0.29) is 28.8 Å². The number of ether oxygens (including phenoxy) is 1. The summed E-state index contributed by atoms with van der Waals surface area (Å²) in [5.74, 6) is -1.30. The fourth-order valence-electron chi connectivity index (χ4n) is 1.79. The maximum absolute atomic E-state index is 12.2. The number of hydrogen-bond acceptors (Lipinski definition) is 6. The predicted molar refractivity (Wildman–Crippen MR) is 87.7 cm³/mol. The summed E-state index contributed by atoms with van der Waals surface area (Å²) in [6, 6.07) is 6.96. The van der Waals surface area contributed by atoms with Crippen molar-refractivity contribution in [3.8, 4) is 0 Å². The molecule has 27 heavy (non-hydrogen) atoms. The maximum atomic E-state index is 12.2. The summed E-state index contributed by atoms with van der Waals surface area (Å²) in [4.78, 5) is 34.7. The Morgan fingerprint density at radius 2 is 1.81 bits per heavy atom. The van der Waals surface area contributed by atoms with Gasteiger partial charge in [-0.2, -0.15) is 13.2 Å². The van der Waals surface area contributed by atoms with Crippen molar-refractivity contribution in [2.24, 2.45) is 0 Å². The second kappa shape index (κ2) is 9.12. The standard InChI is InChI=1S/C16H13F3N2O5S/c17-16(18,19)27-12-5-3-10(4-6-12)14(23)26-9-13(22)21-15(24)20-8-11-2-1-7-25-11/h1-7H,8-9H2,(H2,20,21,22,24). The van der Waals surface area contributed by atoms with Crippen LogP contribution in [0.5, 0.6) is 0 Å². The summed E-state index contributed by atoms with van der Waals surface area (Å²) in [7, 11) is 0. The quantitative estimate of drug-likeness (QED) is 0.569. The summed E-state index contributed by atoms with van der Waals surface area (Å²) < 4.78 is 46.4. The number of carbonyl (C=O) groups excluding carboxylic acids is 3. The van der Waals surface area contributed by atoms with Crippen molar-refractivity contribution in [1.82, 2.24) is 10.6 Å². The Morgan fingerprint density at radius 1 is 1.11 bits per heavy atom. The molecule has 0 atom stereocenters. The van der Waals surface area contributed by atoms with Gasteiger partial charge in [-0.3, -0.25) is 10.1 Å². The molecule has 0 aliphatic rings. The molecule has 7 nitrogen and oxygen atoms in total. The van der Waals surface area contributed by atoms with Crippen molar-refractivity contribution >= 4 is 29.7 Å². The summed E-state index contributed by atoms with van der Waals surface area (Å²) in [6.07, 6.45) is 1.42. The van der Waals surface area contributed by atoms with Gasteiger partial charge < -0.3 is 14.5 Å². The molecule has 2 rings (SSSR count). The van der Waals surface area contributed by atoms with Gasteiger partial charge in [0.25, 0.3) is 5.91 Å². The minimum atomic E-state index is -4.43. The Kier molecular flexibility index (Phi) is 6.88. The molecule has 0 saturated carbocycles. The van der Waals surface area contributed by atoms with Crippen LogP contribution in [0.15, 0.2) is 52.0 Å². The number of urea groups is 1. The first-order valence-electron chi connectivity index (χ1n) is 7.36. The fraction of sp³-hybridized carbons (Fsp3) is 0.188. The average molecular weight is 402 g/mol. The van der Waals surface area contributed by atoms with E-state index in [1.807, 2.05) is 5.32 Å². The van der Waals surface area contributed by atoms with Gasteiger partial charge in [0, 0.05) is 4.90 Å². The maximum Gasteiger partial charge on any atom is 0.446 e. The van der Waals surface area contributed by atoms with Crippen LogP contribution in [0, 0.1) is 0 Å². The number of hydrogen-bond donors (Lipinski definition) is 2. The van der Waals surface area contributed by atoms with Gasteiger partial charge in [0.2, 0.25) is 0 Å². The van der Waals surface area contributed by atoms with E-state index in [9.17, 15) is 27.6 Å². The van der Waals surface area contributed by atoms with Gasteiger partial charge in [0.15, 0.2) is 6.61 Å². The number of imide groups is 1. The zero-order chi connectivity index (χ0) is 19.9. The minimum Gasteiger partial charge on any atom is -0.467 e. The van der Waals surface area contributed by atoms with E-state index in [4.69, 9.17) is 9.15 Å². The zero-order valence-electron chi connectivity index (χ0n) is 13.5. The number of rotatable bonds is 6. The van der Waals surface area contributed by atoms with Crippen molar-refractivity contribution in [2.75, 3.05) is 6.61 Å². The molecule has 0 aliphatic heterocycles. The van der Waals surface area contributed by atoms with E-state index in [0.29, 0.717) is 5.76 Å². The number of nitrogens with one attached hydrogen (secondary N) is 2. The van der Waals surface area contributed by atoms with Crippen molar-refractivity contribution in [3.63, 3.8) is 0 Å². The van der Waals surface area contributed by atoms with Crippen LogP contribution in [0.2, 0.25) is 0 Å². The van der Waals surface area contributed by atoms with Crippen LogP contribution in [0.3, 0.4) is 0 Å². The number of esters is 1. The molecule has 0 unspecified atom stereocenters. The highest BCUT2D eigenvalue weighted by Gasteiger charge is 2.29. The molecule has 3 amide bonds. The van der Waals surface area contributed by atoms with Crippen molar-refractivity contribution in [2.45, 2.75) is 16.9 Å². The fourth-order valence-corrected chi connectivity index (χ4v) is 2.33. The highest BCUT2D eigenvalue weighted by Crippen LogP contribution is 2.36. The van der Waals surface area contributed by atoms with E-state index in [0.717, 1.165) is 24.3 Å². The van der Waals surface area contributed by atoms with Crippen molar-refractivity contribution in [1.29, 1.82) is 0 Å². The SMILES string of the molecule is O=C(COC(=O)c1ccc(SC(F)(F)F)cc1)NC(=O)NCc1ccco1. The van der Waals surface area contributed by atoms with E-state index in [1.165, 1.54) is 6.26 Å². The van der Waals surface area contributed by atoms with Gasteiger partial charge in [-0.1, -0.05) is 0 Å². The van der Waals surface area contributed by atoms with Gasteiger partial charge in [0.1, 0.15) is 5.76 Å². The van der Waals surface area contributed by atoms with Crippen LogP contribution >= 0.6 is 11.8 Å². The molecule has 0 saturated heterocycles. The average Bonchev–Trinajstić information content (AvgIpc) is 3.10. The molecule has 11 heteroatoms. The Morgan fingerprint density at radius 3 is 2.41 bits per heavy atom. The Balaban J connectivity index is 1.74. The van der Waals surface area contributed by atoms with E-state index >= 15 is 0 Å². The summed E-state index contributed by atoms with van der Waals surface area (Å²) in [5, 5.41) is 4.31. The van der Waals surface area contributed by atoms with E-state index < -0.39 is 30.0 Å². The first-order chi connectivity index (χ1) is 12.7. The van der Waals surface area contributed by atoms with Crippen molar-refractivity contribution < 1.29 is 36.7 Å². The first kappa shape index (κ1) is 20.4. The van der Waals surface area contributed by atoms with Gasteiger partial charge in [-0.25, -0.2) is 9.59 Å². The number of thioether (sulfide) groups is 1. The summed E-state index contributed by atoms with van der Waals surface area (Å²) in [5.41, 5.74) is -4.46. The van der Waals surface area contributed by atoms with E-state index in [2.05, 4.69) is 5.32 Å². The highest BCUT2D eigenvalue weighted by atomic mass is 32.2. The molecule has 0 bridgehead atoms. The van der Waals surface area contributed by atoms with Crippen LogP contribution in [0.25, 0.3) is 0 Å². The lowest BCUT2D eigenvalue weighted by Crippen LogP contribution is -2.41. The lowest BCUT2D eigenvalue weighted by atomic mass is 10.2. The second-order valence-electron chi connectivity index (χ2n) is 4.96. The number of benzene rings is 1. The molecular weight excluding hydrogens is 389 g/mol. The van der Waals surface area contributed by atoms with Gasteiger partial charge in [-0.15, -0.1) is 0 Å². The van der Waals surface area contributed by atoms with Crippen LogP contribution < -0.4 is 10.6 Å². The minimum absolute atomic E-state index is 0.0309. The third kappa shape index (κ3) is 7.44. The molecule has 1 aromatic heterocycles. The van der Waals surface area contributed by atoms with Gasteiger partial charge in [-0.05, 0) is 48.2 Å². The molecule has 144 valence electrons. The lowest BCUT2D eigenvalue weighted by Gasteiger charge is -2.08. The monoisotopic (exact) mass is 402 g/mol. The third-order valence-electron chi connectivity index (χ3n) is 2.91. The molecule has 2 aromatic rings. The second-order valence-corrected chi connectivity index (χ2v) is 6.10. The predicted octanol–water partition coefficient (Wildman–Crippen LogP) is 3.07. The Labute approximate surface area is 155 Å². The normalized spacial score (nSPS) is 10.9. The topological polar surface area (TPSA) is 97.6 Å². The molecule has 0 radical (unpaired) electrons. The first-order valence-corrected chi connectivity index (χ1v) is 8.17. The third-order valence-corrected chi connectivity index (χ3v) is 3.65. The van der Waals surface area contributed by atoms with Gasteiger partial charge >= 0.3 is 17.5 Å². The lowest BCUT2D eigenvalue weighted by molar-refractivity contribution is -0.123. The Bertz CT molecular complexity index is 791. The largest absolute Gasteiger partial charge is 0.467 e. The summed E-state index contributed by atoms with van der Waals surface area (Å²) >= 11 is -0.318. The van der Waals surface area contributed by atoms with Crippen LogP contribution in [0.1, 0.15) is 16.1 Å². The molecule has 0 fully saturated rings. The molecular formula is C16H13F3N2O5S. The molecule has 1 heterocycles. The van der Waals surface area contributed by atoms with Crippen molar-refractivity contribution in [3.05, 3.63) is 54.0 Å². The molecule has 0 spiro atoms. The molecule has 1 aromatic carbocycles. The molecule has 2 N–H and O–H groups in total. The van der Waals surface area contributed by atoms with Crippen LogP contribution in [-0.2, 0) is 16.1 Å². The number of alkyl halides is 3. The smallest absolute Gasteiger partial charge is 0.446 e. The number of carbonyl (C=O) groups is 3. The Hall–Kier alpha value is -2.95. The highest BCUT2D eigenvalue weighted by molar-refractivity contribution is 8.00. The molecule has 0 aliphatic carbocycles. The number of halogens is 3. The number of furan rings is 1. The van der Waals surface area contributed by atoms with Crippen LogP contribution in [0.4, 0.5) is 18.0 Å². The number of amides is 3. The van der Waals surface area contributed by atoms with E-state index in [1.54, 1.807) is 12.1 Å². The van der Waals surface area contributed by atoms with Gasteiger partial charge in [0.05, 0.1) is 18.4 Å². The zero-order valence-corrected chi connectivity index (χ0v) is 14.4.